The molecule has 2 N–H and O–H groups in total. The van der Waals surface area contributed by atoms with Crippen LogP contribution in [0.5, 0.6) is 0 Å². The second-order valence-corrected chi connectivity index (χ2v) is 6.35. The van der Waals surface area contributed by atoms with Gasteiger partial charge < -0.3 is 10.4 Å². The van der Waals surface area contributed by atoms with E-state index in [9.17, 15) is 14.4 Å². The second kappa shape index (κ2) is 6.65. The van der Waals surface area contributed by atoms with Crippen molar-refractivity contribution in [2.45, 2.75) is 38.1 Å². The minimum Gasteiger partial charge on any atom is -0.478 e. The lowest BCUT2D eigenvalue weighted by molar-refractivity contribution is -0.140. The highest BCUT2D eigenvalue weighted by Crippen LogP contribution is 2.32. The minimum atomic E-state index is -1.03. The Morgan fingerprint density at radius 1 is 1.08 bits per heavy atom. The molecule has 0 spiro atoms. The number of benzene rings is 1. The van der Waals surface area contributed by atoms with E-state index in [1.807, 2.05) is 0 Å². The normalized spacial score (nSPS) is 19.1. The lowest BCUT2D eigenvalue weighted by atomic mass is 9.94. The third kappa shape index (κ3) is 3.01. The van der Waals surface area contributed by atoms with Crippen molar-refractivity contribution in [1.82, 2.24) is 4.90 Å². The van der Waals surface area contributed by atoms with Crippen molar-refractivity contribution in [3.63, 3.8) is 0 Å². The van der Waals surface area contributed by atoms with Gasteiger partial charge in [0, 0.05) is 11.7 Å². The second-order valence-electron chi connectivity index (χ2n) is 5.97. The van der Waals surface area contributed by atoms with Gasteiger partial charge in [-0.05, 0) is 37.1 Å². The van der Waals surface area contributed by atoms with Crippen molar-refractivity contribution in [3.05, 3.63) is 40.6 Å². The molecule has 0 saturated heterocycles. The van der Waals surface area contributed by atoms with Crippen molar-refractivity contribution < 1.29 is 19.5 Å². The monoisotopic (exact) mass is 348 g/mol. The van der Waals surface area contributed by atoms with Crippen molar-refractivity contribution in [2.75, 3.05) is 5.32 Å². The van der Waals surface area contributed by atoms with Gasteiger partial charge in [-0.2, -0.15) is 0 Å². The Bertz CT molecular complexity index is 721. The highest BCUT2D eigenvalue weighted by molar-refractivity contribution is 6.48. The largest absolute Gasteiger partial charge is 0.478 e. The molecule has 0 radical (unpaired) electrons. The first kappa shape index (κ1) is 16.5. The topological polar surface area (TPSA) is 86.7 Å². The summed E-state index contributed by atoms with van der Waals surface area (Å²) in [6.07, 6.45) is 4.73. The number of carbonyl (C=O) groups is 3. The van der Waals surface area contributed by atoms with Crippen LogP contribution in [0.25, 0.3) is 0 Å². The number of nitrogens with zero attached hydrogens (tertiary/aromatic N) is 1. The molecule has 6 nitrogen and oxygen atoms in total. The van der Waals surface area contributed by atoms with Gasteiger partial charge in [0.25, 0.3) is 11.8 Å². The number of rotatable bonds is 4. The van der Waals surface area contributed by atoms with Crippen LogP contribution in [0.4, 0.5) is 5.69 Å². The van der Waals surface area contributed by atoms with E-state index in [4.69, 9.17) is 16.7 Å². The van der Waals surface area contributed by atoms with E-state index in [0.717, 1.165) is 32.1 Å². The van der Waals surface area contributed by atoms with Gasteiger partial charge in [0.15, 0.2) is 0 Å². The molecule has 1 saturated carbocycles. The predicted molar refractivity (Wildman–Crippen MR) is 88.6 cm³/mol. The zero-order chi connectivity index (χ0) is 17.3. The minimum absolute atomic E-state index is 0.0512. The molecule has 0 aromatic heterocycles. The SMILES string of the molecule is O=C(O)c1ccc(NC2=C(Cl)C(=O)N(C3CCCCC3)C2=O)cc1. The van der Waals surface area contributed by atoms with Crippen LogP contribution in [0, 0.1) is 0 Å². The Hall–Kier alpha value is -2.34. The van der Waals surface area contributed by atoms with Gasteiger partial charge in [-0.15, -0.1) is 0 Å². The number of halogens is 1. The molecular weight excluding hydrogens is 332 g/mol. The van der Waals surface area contributed by atoms with Gasteiger partial charge in [0.05, 0.1) is 5.56 Å². The summed E-state index contributed by atoms with van der Waals surface area (Å²) in [5.41, 5.74) is 0.688. The number of imide groups is 1. The van der Waals surface area contributed by atoms with Crippen molar-refractivity contribution in [1.29, 1.82) is 0 Å². The van der Waals surface area contributed by atoms with Gasteiger partial charge in [-0.1, -0.05) is 30.9 Å². The quantitative estimate of drug-likeness (QED) is 0.817. The molecule has 24 heavy (non-hydrogen) atoms. The molecule has 0 atom stereocenters. The third-order valence-corrected chi connectivity index (χ3v) is 4.75. The number of carboxylic acid groups (broad SMARTS) is 1. The average Bonchev–Trinajstić information content (AvgIpc) is 2.80. The Morgan fingerprint density at radius 3 is 2.29 bits per heavy atom. The fraction of sp³-hybridized carbons (Fsp3) is 0.353. The van der Waals surface area contributed by atoms with Crippen LogP contribution in [-0.4, -0.2) is 33.8 Å². The fourth-order valence-electron chi connectivity index (χ4n) is 3.14. The molecule has 0 unspecified atom stereocenters. The number of amides is 2. The van der Waals surface area contributed by atoms with Crippen LogP contribution in [0.15, 0.2) is 35.0 Å². The number of hydrogen-bond donors (Lipinski definition) is 2. The van der Waals surface area contributed by atoms with Crippen LogP contribution >= 0.6 is 11.6 Å². The maximum Gasteiger partial charge on any atom is 0.335 e. The summed E-state index contributed by atoms with van der Waals surface area (Å²) in [7, 11) is 0. The zero-order valence-electron chi connectivity index (χ0n) is 12.9. The lowest BCUT2D eigenvalue weighted by Crippen LogP contribution is -2.42. The smallest absolute Gasteiger partial charge is 0.335 e. The van der Waals surface area contributed by atoms with E-state index < -0.39 is 17.8 Å². The summed E-state index contributed by atoms with van der Waals surface area (Å²) >= 11 is 6.08. The summed E-state index contributed by atoms with van der Waals surface area (Å²) in [6, 6.07) is 5.79. The molecule has 7 heteroatoms. The Balaban J connectivity index is 1.78. The first-order chi connectivity index (χ1) is 11.5. The number of hydrogen-bond acceptors (Lipinski definition) is 4. The standard InChI is InChI=1S/C17H17ClN2O4/c18-13-14(19-11-8-6-10(7-9-11)17(23)24)16(22)20(15(13)21)12-4-2-1-3-5-12/h6-9,12,19H,1-5H2,(H,23,24). The summed E-state index contributed by atoms with van der Waals surface area (Å²) in [4.78, 5) is 37.1. The number of anilines is 1. The highest BCUT2D eigenvalue weighted by atomic mass is 35.5. The van der Waals surface area contributed by atoms with Crippen LogP contribution < -0.4 is 5.32 Å². The van der Waals surface area contributed by atoms with E-state index in [1.54, 1.807) is 0 Å². The summed E-state index contributed by atoms with van der Waals surface area (Å²) in [6.45, 7) is 0. The van der Waals surface area contributed by atoms with Gasteiger partial charge in [-0.3, -0.25) is 14.5 Å². The van der Waals surface area contributed by atoms with Crippen molar-refractivity contribution in [2.24, 2.45) is 0 Å². The molecule has 3 rings (SSSR count). The van der Waals surface area contributed by atoms with Crippen LogP contribution in [0.3, 0.4) is 0 Å². The molecule has 0 bridgehead atoms. The van der Waals surface area contributed by atoms with E-state index in [-0.39, 0.29) is 22.3 Å². The highest BCUT2D eigenvalue weighted by Gasteiger charge is 2.42. The average molecular weight is 349 g/mol. The zero-order valence-corrected chi connectivity index (χ0v) is 13.7. The van der Waals surface area contributed by atoms with Crippen LogP contribution in [0.1, 0.15) is 42.5 Å². The number of nitrogens with one attached hydrogen (secondary N) is 1. The lowest BCUT2D eigenvalue weighted by Gasteiger charge is -2.29. The maximum absolute atomic E-state index is 12.6. The van der Waals surface area contributed by atoms with E-state index in [0.29, 0.717) is 5.69 Å². The fourth-order valence-corrected chi connectivity index (χ4v) is 3.36. The maximum atomic E-state index is 12.6. The summed E-state index contributed by atoms with van der Waals surface area (Å²) < 4.78 is 0. The van der Waals surface area contributed by atoms with E-state index in [1.165, 1.54) is 29.2 Å². The van der Waals surface area contributed by atoms with Gasteiger partial charge in [-0.25, -0.2) is 4.79 Å². The van der Waals surface area contributed by atoms with Gasteiger partial charge in [0.2, 0.25) is 0 Å². The first-order valence-electron chi connectivity index (χ1n) is 7.87. The molecule has 1 heterocycles. The Kier molecular flexibility index (Phi) is 4.57. The molecule has 1 aliphatic carbocycles. The van der Waals surface area contributed by atoms with E-state index in [2.05, 4.69) is 5.32 Å². The molecule has 1 aliphatic heterocycles. The van der Waals surface area contributed by atoms with Gasteiger partial charge >= 0.3 is 5.97 Å². The molecule has 1 fully saturated rings. The molecule has 1 aromatic carbocycles. The summed E-state index contributed by atoms with van der Waals surface area (Å²) in [5.74, 6) is -1.91. The molecule has 2 amide bonds. The molecule has 1 aromatic rings. The Morgan fingerprint density at radius 2 is 1.71 bits per heavy atom. The van der Waals surface area contributed by atoms with Crippen molar-refractivity contribution >= 4 is 35.1 Å². The molecule has 2 aliphatic rings. The van der Waals surface area contributed by atoms with Crippen LogP contribution in [0.2, 0.25) is 0 Å². The predicted octanol–water partition coefficient (Wildman–Crippen LogP) is 2.95. The molecule has 126 valence electrons. The van der Waals surface area contributed by atoms with Crippen LogP contribution in [-0.2, 0) is 9.59 Å². The van der Waals surface area contributed by atoms with E-state index >= 15 is 0 Å². The number of carboxylic acids is 1. The number of aromatic carboxylic acids is 1. The first-order valence-corrected chi connectivity index (χ1v) is 8.25. The molecular formula is C17H17ClN2O4. The number of carbonyl (C=O) groups excluding carboxylic acids is 2. The van der Waals surface area contributed by atoms with Crippen molar-refractivity contribution in [3.8, 4) is 0 Å². The summed E-state index contributed by atoms with van der Waals surface area (Å²) in [5, 5.41) is 11.6. The van der Waals surface area contributed by atoms with Gasteiger partial charge in [0.1, 0.15) is 10.7 Å². The Labute approximate surface area is 144 Å². The third-order valence-electron chi connectivity index (χ3n) is 4.40.